The molecule has 0 unspecified atom stereocenters. The van der Waals surface area contributed by atoms with Crippen molar-refractivity contribution in [3.8, 4) is 11.5 Å². The van der Waals surface area contributed by atoms with Gasteiger partial charge in [-0.15, -0.1) is 0 Å². The molecule has 0 bridgehead atoms. The van der Waals surface area contributed by atoms with Crippen LogP contribution in [0.25, 0.3) is 6.08 Å². The van der Waals surface area contributed by atoms with Crippen molar-refractivity contribution in [2.75, 3.05) is 46.1 Å². The molecule has 0 amide bonds. The van der Waals surface area contributed by atoms with E-state index in [0.717, 1.165) is 62.8 Å². The molecule has 2 aromatic carbocycles. The predicted molar refractivity (Wildman–Crippen MR) is 114 cm³/mol. The number of halogens is 1. The lowest BCUT2D eigenvalue weighted by Gasteiger charge is -2.33. The summed E-state index contributed by atoms with van der Waals surface area (Å²) in [7, 11) is 0. The third-order valence-corrected chi connectivity index (χ3v) is 6.01. The number of fused-ring (bicyclic) bond motifs is 2. The van der Waals surface area contributed by atoms with Gasteiger partial charge in [0.2, 0.25) is 5.78 Å². The molecule has 0 atom stereocenters. The third kappa shape index (κ3) is 4.08. The van der Waals surface area contributed by atoms with Crippen LogP contribution in [0, 0.1) is 12.7 Å². The molecule has 3 aliphatic rings. The van der Waals surface area contributed by atoms with Crippen LogP contribution in [0.1, 0.15) is 27.0 Å². The topological polar surface area (TPSA) is 51.2 Å². The summed E-state index contributed by atoms with van der Waals surface area (Å²) < 4.78 is 30.5. The maximum absolute atomic E-state index is 13.2. The lowest BCUT2D eigenvalue weighted by molar-refractivity contribution is 0.0239. The van der Waals surface area contributed by atoms with Gasteiger partial charge in [-0.2, -0.15) is 0 Å². The molecule has 3 heterocycles. The van der Waals surface area contributed by atoms with Crippen LogP contribution in [0.5, 0.6) is 11.5 Å². The van der Waals surface area contributed by atoms with Crippen LogP contribution in [0.2, 0.25) is 0 Å². The molecule has 0 spiro atoms. The molecule has 5 rings (SSSR count). The summed E-state index contributed by atoms with van der Waals surface area (Å²) in [6, 6.07) is 7.86. The highest BCUT2D eigenvalue weighted by atomic mass is 19.1. The van der Waals surface area contributed by atoms with E-state index in [-0.39, 0.29) is 17.4 Å². The van der Waals surface area contributed by atoms with Crippen LogP contribution in [0.4, 0.5) is 4.39 Å². The SMILES string of the molecule is Cc1c2c(cc3c1OC(=Cc1ccc(F)cc1)C3=O)CN(CCN1CCOCC1)CO2. The van der Waals surface area contributed by atoms with Crippen molar-refractivity contribution in [1.82, 2.24) is 9.80 Å². The van der Waals surface area contributed by atoms with Crippen LogP contribution in [-0.4, -0.2) is 61.7 Å². The second-order valence-corrected chi connectivity index (χ2v) is 8.14. The molecule has 3 aliphatic heterocycles. The molecule has 0 aliphatic carbocycles. The first-order chi connectivity index (χ1) is 15.1. The number of morpholine rings is 1. The summed E-state index contributed by atoms with van der Waals surface area (Å²) in [6.07, 6.45) is 1.65. The highest BCUT2D eigenvalue weighted by molar-refractivity contribution is 6.15. The van der Waals surface area contributed by atoms with Crippen molar-refractivity contribution in [1.29, 1.82) is 0 Å². The van der Waals surface area contributed by atoms with Crippen LogP contribution in [0.15, 0.2) is 36.1 Å². The van der Waals surface area contributed by atoms with Crippen molar-refractivity contribution in [2.24, 2.45) is 0 Å². The Morgan fingerprint density at radius 3 is 2.58 bits per heavy atom. The summed E-state index contributed by atoms with van der Waals surface area (Å²) in [5.41, 5.74) is 3.12. The van der Waals surface area contributed by atoms with Gasteiger partial charge < -0.3 is 14.2 Å². The number of benzene rings is 2. The smallest absolute Gasteiger partial charge is 0.231 e. The Bertz CT molecular complexity index is 1030. The van der Waals surface area contributed by atoms with E-state index in [4.69, 9.17) is 14.2 Å². The number of rotatable bonds is 4. The van der Waals surface area contributed by atoms with E-state index >= 15 is 0 Å². The van der Waals surface area contributed by atoms with Gasteiger partial charge >= 0.3 is 0 Å². The predicted octanol–water partition coefficient (Wildman–Crippen LogP) is 3.23. The molecular weight excluding hydrogens is 399 g/mol. The van der Waals surface area contributed by atoms with Crippen molar-refractivity contribution < 1.29 is 23.4 Å². The number of hydrogen-bond acceptors (Lipinski definition) is 6. The molecule has 6 nitrogen and oxygen atoms in total. The van der Waals surface area contributed by atoms with Gasteiger partial charge in [-0.25, -0.2) is 4.39 Å². The van der Waals surface area contributed by atoms with Crippen LogP contribution in [0.3, 0.4) is 0 Å². The summed E-state index contributed by atoms with van der Waals surface area (Å²) in [6.45, 7) is 8.56. The van der Waals surface area contributed by atoms with Gasteiger partial charge in [-0.3, -0.25) is 14.6 Å². The average molecular weight is 424 g/mol. The first kappa shape index (κ1) is 20.2. The number of carbonyl (C=O) groups excluding carboxylic acids is 1. The minimum absolute atomic E-state index is 0.157. The first-order valence-corrected chi connectivity index (χ1v) is 10.6. The summed E-state index contributed by atoms with van der Waals surface area (Å²) >= 11 is 0. The van der Waals surface area contributed by atoms with Gasteiger partial charge in [0.05, 0.1) is 18.8 Å². The van der Waals surface area contributed by atoms with Gasteiger partial charge in [0, 0.05) is 43.9 Å². The van der Waals surface area contributed by atoms with E-state index in [1.165, 1.54) is 12.1 Å². The number of hydrogen-bond donors (Lipinski definition) is 0. The third-order valence-electron chi connectivity index (χ3n) is 6.01. The number of Topliss-reactive ketones (excluding diaryl/α,β-unsaturated/α-hetero) is 1. The number of ether oxygens (including phenoxy) is 3. The molecule has 2 aromatic rings. The number of carbonyl (C=O) groups is 1. The zero-order valence-corrected chi connectivity index (χ0v) is 17.5. The maximum atomic E-state index is 13.2. The van der Waals surface area contributed by atoms with Crippen LogP contribution in [-0.2, 0) is 11.3 Å². The molecule has 0 radical (unpaired) electrons. The zero-order chi connectivity index (χ0) is 21.4. The average Bonchev–Trinajstić information content (AvgIpc) is 3.10. The highest BCUT2D eigenvalue weighted by Crippen LogP contribution is 2.43. The van der Waals surface area contributed by atoms with Crippen molar-refractivity contribution >= 4 is 11.9 Å². The van der Waals surface area contributed by atoms with E-state index in [2.05, 4.69) is 9.80 Å². The molecule has 1 fully saturated rings. The fraction of sp³-hybridized carbons (Fsp3) is 0.375. The van der Waals surface area contributed by atoms with Gasteiger partial charge in [-0.05, 0) is 36.8 Å². The lowest BCUT2D eigenvalue weighted by Crippen LogP contribution is -2.43. The molecule has 162 valence electrons. The quantitative estimate of drug-likeness (QED) is 0.703. The van der Waals surface area contributed by atoms with E-state index in [9.17, 15) is 9.18 Å². The molecule has 1 saturated heterocycles. The lowest BCUT2D eigenvalue weighted by atomic mass is 10.00. The second kappa shape index (κ2) is 8.42. The summed E-state index contributed by atoms with van der Waals surface area (Å²) in [4.78, 5) is 17.6. The standard InChI is InChI=1S/C24H25FN2O4/c1-16-23-18(14-27(15-30-23)7-6-26-8-10-29-11-9-26)13-20-22(28)21(31-24(16)20)12-17-2-4-19(25)5-3-17/h2-5,12-13H,6-11,14-15H2,1H3. The molecule has 0 N–H and O–H groups in total. The van der Waals surface area contributed by atoms with Crippen LogP contribution < -0.4 is 9.47 Å². The normalized spacial score (nSPS) is 20.3. The van der Waals surface area contributed by atoms with E-state index in [0.29, 0.717) is 23.6 Å². The monoisotopic (exact) mass is 424 g/mol. The fourth-order valence-electron chi connectivity index (χ4n) is 4.26. The fourth-order valence-corrected chi connectivity index (χ4v) is 4.26. The first-order valence-electron chi connectivity index (χ1n) is 10.6. The largest absolute Gasteiger partial charge is 0.477 e. The van der Waals surface area contributed by atoms with E-state index in [1.54, 1.807) is 18.2 Å². The Morgan fingerprint density at radius 1 is 1.06 bits per heavy atom. The minimum Gasteiger partial charge on any atom is -0.477 e. The Kier molecular flexibility index (Phi) is 5.48. The van der Waals surface area contributed by atoms with Gasteiger partial charge in [0.1, 0.15) is 24.0 Å². The molecule has 0 aromatic heterocycles. The summed E-state index contributed by atoms with van der Waals surface area (Å²) in [5, 5.41) is 0. The zero-order valence-electron chi connectivity index (χ0n) is 17.5. The van der Waals surface area contributed by atoms with Crippen molar-refractivity contribution in [3.63, 3.8) is 0 Å². The van der Waals surface area contributed by atoms with Gasteiger partial charge in [0.25, 0.3) is 0 Å². The van der Waals surface area contributed by atoms with Gasteiger partial charge in [-0.1, -0.05) is 12.1 Å². The van der Waals surface area contributed by atoms with E-state index in [1.807, 2.05) is 13.0 Å². The Hall–Kier alpha value is -2.74. The van der Waals surface area contributed by atoms with Crippen molar-refractivity contribution in [3.05, 3.63) is 64.2 Å². The molecular formula is C24H25FN2O4. The highest BCUT2D eigenvalue weighted by Gasteiger charge is 2.33. The number of ketones is 1. The maximum Gasteiger partial charge on any atom is 0.231 e. The second-order valence-electron chi connectivity index (χ2n) is 8.14. The van der Waals surface area contributed by atoms with Crippen molar-refractivity contribution in [2.45, 2.75) is 13.5 Å². The van der Waals surface area contributed by atoms with Crippen LogP contribution >= 0.6 is 0 Å². The Labute approximate surface area is 180 Å². The Balaban J connectivity index is 1.33. The number of nitrogens with zero attached hydrogens (tertiary/aromatic N) is 2. The van der Waals surface area contributed by atoms with Gasteiger partial charge in [0.15, 0.2) is 5.76 Å². The molecule has 7 heteroatoms. The Morgan fingerprint density at radius 2 is 1.81 bits per heavy atom. The minimum atomic E-state index is -0.317. The molecule has 0 saturated carbocycles. The summed E-state index contributed by atoms with van der Waals surface area (Å²) in [5.74, 6) is 1.13. The van der Waals surface area contributed by atoms with E-state index < -0.39 is 0 Å². The number of allylic oxidation sites excluding steroid dienone is 1. The molecule has 31 heavy (non-hydrogen) atoms.